The summed E-state index contributed by atoms with van der Waals surface area (Å²) in [5.41, 5.74) is -0.931. The molecule has 0 radical (unpaired) electrons. The SMILES string of the molecule is O=C(COC(=O)[C@@H]1CC(=O)N(C2CCCCC2)C1)Nc1cccc(C(F)(F)F)c1. The smallest absolute Gasteiger partial charge is 0.416 e. The Kier molecular flexibility index (Phi) is 6.44. The molecular weight excluding hydrogens is 389 g/mol. The number of nitrogens with zero attached hydrogens (tertiary/aromatic N) is 1. The highest BCUT2D eigenvalue weighted by Gasteiger charge is 2.39. The molecule has 1 heterocycles. The van der Waals surface area contributed by atoms with Crippen LogP contribution in [0.25, 0.3) is 0 Å². The number of carbonyl (C=O) groups excluding carboxylic acids is 3. The number of halogens is 3. The Labute approximate surface area is 166 Å². The summed E-state index contributed by atoms with van der Waals surface area (Å²) in [5, 5.41) is 2.28. The maximum atomic E-state index is 12.7. The summed E-state index contributed by atoms with van der Waals surface area (Å²) >= 11 is 0. The quantitative estimate of drug-likeness (QED) is 0.753. The molecule has 2 aliphatic rings. The van der Waals surface area contributed by atoms with Gasteiger partial charge in [-0.3, -0.25) is 14.4 Å². The standard InChI is InChI=1S/C20H23F3N2O4/c21-20(22,23)14-5-4-6-15(10-14)24-17(26)12-29-19(28)13-9-18(27)25(11-13)16-7-2-1-3-8-16/h4-6,10,13,16H,1-3,7-9,11-12H2,(H,24,26)/t13-/m1/s1. The fourth-order valence-electron chi connectivity index (χ4n) is 3.86. The lowest BCUT2D eigenvalue weighted by molar-refractivity contribution is -0.151. The van der Waals surface area contributed by atoms with Crippen molar-refractivity contribution in [1.29, 1.82) is 0 Å². The van der Waals surface area contributed by atoms with E-state index in [1.165, 1.54) is 12.1 Å². The van der Waals surface area contributed by atoms with E-state index in [1.54, 1.807) is 4.90 Å². The summed E-state index contributed by atoms with van der Waals surface area (Å²) in [6.07, 6.45) is 0.709. The van der Waals surface area contributed by atoms with Crippen LogP contribution in [0.3, 0.4) is 0 Å². The zero-order chi connectivity index (χ0) is 21.0. The fourth-order valence-corrected chi connectivity index (χ4v) is 3.86. The summed E-state index contributed by atoms with van der Waals surface area (Å²) in [6, 6.07) is 4.35. The lowest BCUT2D eigenvalue weighted by Gasteiger charge is -2.31. The molecule has 1 aliphatic carbocycles. The van der Waals surface area contributed by atoms with Crippen molar-refractivity contribution in [3.05, 3.63) is 29.8 Å². The maximum Gasteiger partial charge on any atom is 0.416 e. The van der Waals surface area contributed by atoms with Crippen LogP contribution in [0, 0.1) is 5.92 Å². The number of benzene rings is 1. The molecule has 6 nitrogen and oxygen atoms in total. The largest absolute Gasteiger partial charge is 0.455 e. The Morgan fingerprint density at radius 3 is 2.59 bits per heavy atom. The predicted molar refractivity (Wildman–Crippen MR) is 97.7 cm³/mol. The number of amides is 2. The highest BCUT2D eigenvalue weighted by Crippen LogP contribution is 2.31. The average molecular weight is 412 g/mol. The molecule has 1 saturated carbocycles. The van der Waals surface area contributed by atoms with Crippen molar-refractivity contribution in [3.63, 3.8) is 0 Å². The van der Waals surface area contributed by atoms with E-state index in [9.17, 15) is 27.6 Å². The van der Waals surface area contributed by atoms with Crippen molar-refractivity contribution in [1.82, 2.24) is 4.90 Å². The minimum atomic E-state index is -4.52. The van der Waals surface area contributed by atoms with Gasteiger partial charge in [0.2, 0.25) is 5.91 Å². The molecule has 1 saturated heterocycles. The highest BCUT2D eigenvalue weighted by molar-refractivity contribution is 5.93. The lowest BCUT2D eigenvalue weighted by Crippen LogP contribution is -2.38. The molecule has 0 bridgehead atoms. The van der Waals surface area contributed by atoms with Gasteiger partial charge < -0.3 is 15.0 Å². The molecule has 0 spiro atoms. The van der Waals surface area contributed by atoms with E-state index >= 15 is 0 Å². The van der Waals surface area contributed by atoms with E-state index in [-0.39, 0.29) is 30.6 Å². The Hall–Kier alpha value is -2.58. The molecule has 0 aromatic heterocycles. The Morgan fingerprint density at radius 1 is 1.17 bits per heavy atom. The highest BCUT2D eigenvalue weighted by atomic mass is 19.4. The third-order valence-electron chi connectivity index (χ3n) is 5.33. The van der Waals surface area contributed by atoms with Gasteiger partial charge in [-0.05, 0) is 31.0 Å². The molecular formula is C20H23F3N2O4. The zero-order valence-corrected chi connectivity index (χ0v) is 15.8. The van der Waals surface area contributed by atoms with Gasteiger partial charge in [0, 0.05) is 24.7 Å². The number of esters is 1. The molecule has 3 rings (SSSR count). The summed E-state index contributed by atoms with van der Waals surface area (Å²) < 4.78 is 43.1. The van der Waals surface area contributed by atoms with Crippen LogP contribution in [-0.4, -0.2) is 41.9 Å². The second kappa shape index (κ2) is 8.84. The number of anilines is 1. The third-order valence-corrected chi connectivity index (χ3v) is 5.33. The van der Waals surface area contributed by atoms with Crippen molar-refractivity contribution >= 4 is 23.5 Å². The number of rotatable bonds is 5. The second-order valence-electron chi connectivity index (χ2n) is 7.47. The van der Waals surface area contributed by atoms with Gasteiger partial charge >= 0.3 is 12.1 Å². The number of hydrogen-bond acceptors (Lipinski definition) is 4. The number of alkyl halides is 3. The van der Waals surface area contributed by atoms with Crippen molar-refractivity contribution in [3.8, 4) is 0 Å². The lowest BCUT2D eigenvalue weighted by atomic mass is 9.94. The first-order chi connectivity index (χ1) is 13.7. The molecule has 1 aromatic rings. The summed E-state index contributed by atoms with van der Waals surface area (Å²) in [7, 11) is 0. The fraction of sp³-hybridized carbons (Fsp3) is 0.550. The number of carbonyl (C=O) groups is 3. The Balaban J connectivity index is 1.48. The van der Waals surface area contributed by atoms with Crippen LogP contribution < -0.4 is 5.32 Å². The third kappa shape index (κ3) is 5.48. The molecule has 1 atom stereocenters. The van der Waals surface area contributed by atoms with E-state index in [1.807, 2.05) is 0 Å². The molecule has 0 unspecified atom stereocenters. The van der Waals surface area contributed by atoms with E-state index in [0.717, 1.165) is 44.2 Å². The van der Waals surface area contributed by atoms with Gasteiger partial charge in [-0.25, -0.2) is 0 Å². The van der Waals surface area contributed by atoms with E-state index < -0.39 is 36.1 Å². The normalized spacial score (nSPS) is 20.6. The molecule has 158 valence electrons. The number of likely N-dealkylation sites (tertiary alicyclic amines) is 1. The van der Waals surface area contributed by atoms with Crippen molar-refractivity contribution < 1.29 is 32.3 Å². The van der Waals surface area contributed by atoms with Gasteiger partial charge in [-0.1, -0.05) is 25.3 Å². The molecule has 29 heavy (non-hydrogen) atoms. The van der Waals surface area contributed by atoms with Crippen LogP contribution >= 0.6 is 0 Å². The van der Waals surface area contributed by atoms with Crippen LogP contribution in [0.4, 0.5) is 18.9 Å². The summed E-state index contributed by atoms with van der Waals surface area (Å²) in [5.74, 6) is -2.08. The molecule has 1 aromatic carbocycles. The predicted octanol–water partition coefficient (Wildman–Crippen LogP) is 3.37. The van der Waals surface area contributed by atoms with Crippen LogP contribution in [0.5, 0.6) is 0 Å². The first kappa shape index (κ1) is 21.1. The Morgan fingerprint density at radius 2 is 1.90 bits per heavy atom. The number of nitrogens with one attached hydrogen (secondary N) is 1. The zero-order valence-electron chi connectivity index (χ0n) is 15.8. The molecule has 2 amide bonds. The topological polar surface area (TPSA) is 75.7 Å². The van der Waals surface area contributed by atoms with Crippen molar-refractivity contribution in [2.24, 2.45) is 5.92 Å². The van der Waals surface area contributed by atoms with E-state index in [0.29, 0.717) is 0 Å². The van der Waals surface area contributed by atoms with Crippen molar-refractivity contribution in [2.45, 2.75) is 50.7 Å². The first-order valence-electron chi connectivity index (χ1n) is 9.67. The molecule has 1 aliphatic heterocycles. The van der Waals surface area contributed by atoms with Gasteiger partial charge in [0.05, 0.1) is 11.5 Å². The summed E-state index contributed by atoms with van der Waals surface area (Å²) in [6.45, 7) is -0.333. The minimum absolute atomic E-state index is 0.0413. The van der Waals surface area contributed by atoms with Gasteiger partial charge in [-0.2, -0.15) is 13.2 Å². The molecule has 2 fully saturated rings. The second-order valence-corrected chi connectivity index (χ2v) is 7.47. The minimum Gasteiger partial charge on any atom is -0.455 e. The van der Waals surface area contributed by atoms with Gasteiger partial charge in [-0.15, -0.1) is 0 Å². The van der Waals surface area contributed by atoms with Crippen LogP contribution in [0.1, 0.15) is 44.1 Å². The van der Waals surface area contributed by atoms with Gasteiger partial charge in [0.15, 0.2) is 6.61 Å². The van der Waals surface area contributed by atoms with E-state index in [4.69, 9.17) is 4.74 Å². The Bertz CT molecular complexity index is 775. The van der Waals surface area contributed by atoms with Crippen LogP contribution in [0.2, 0.25) is 0 Å². The molecule has 9 heteroatoms. The number of hydrogen-bond donors (Lipinski definition) is 1. The number of ether oxygens (including phenoxy) is 1. The van der Waals surface area contributed by atoms with Crippen LogP contribution in [0.15, 0.2) is 24.3 Å². The van der Waals surface area contributed by atoms with Crippen LogP contribution in [-0.2, 0) is 25.3 Å². The maximum absolute atomic E-state index is 12.7. The average Bonchev–Trinajstić information content (AvgIpc) is 3.08. The summed E-state index contributed by atoms with van der Waals surface area (Å²) in [4.78, 5) is 38.1. The van der Waals surface area contributed by atoms with Gasteiger partial charge in [0.25, 0.3) is 5.91 Å². The molecule has 1 N–H and O–H groups in total. The van der Waals surface area contributed by atoms with Crippen molar-refractivity contribution in [2.75, 3.05) is 18.5 Å². The monoisotopic (exact) mass is 412 g/mol. The van der Waals surface area contributed by atoms with Gasteiger partial charge in [0.1, 0.15) is 0 Å². The first-order valence-corrected chi connectivity index (χ1v) is 9.67. The van der Waals surface area contributed by atoms with E-state index in [2.05, 4.69) is 5.32 Å².